The van der Waals surface area contributed by atoms with E-state index in [2.05, 4.69) is 28.6 Å². The Morgan fingerprint density at radius 2 is 1.87 bits per heavy atom. The molecule has 0 aromatic carbocycles. The van der Waals surface area contributed by atoms with Gasteiger partial charge in [0.05, 0.1) is 24.2 Å². The monoisotopic (exact) mass is 361 g/mol. The van der Waals surface area contributed by atoms with E-state index in [0.717, 1.165) is 49.3 Å². The van der Waals surface area contributed by atoms with Crippen LogP contribution in [0.15, 0.2) is 17.1 Å². The van der Waals surface area contributed by atoms with Gasteiger partial charge in [0.1, 0.15) is 0 Å². The average Bonchev–Trinajstić information content (AvgIpc) is 2.97. The third-order valence-corrected chi connectivity index (χ3v) is 4.36. The number of aliphatic imine (C=N–C) groups is 1. The molecular weight excluding hydrogens is 334 g/mol. The molecular formula is C16H28ClN3O2S. The first kappa shape index (κ1) is 20.2. The Bertz CT molecular complexity index is 441. The van der Waals surface area contributed by atoms with Crippen molar-refractivity contribution in [3.63, 3.8) is 0 Å². The topological polar surface area (TPSA) is 54.9 Å². The summed E-state index contributed by atoms with van der Waals surface area (Å²) in [6.45, 7) is 6.46. The van der Waals surface area contributed by atoms with E-state index in [-0.39, 0.29) is 0 Å². The van der Waals surface area contributed by atoms with Crippen LogP contribution in [0.25, 0.3) is 0 Å². The Morgan fingerprint density at radius 3 is 2.52 bits per heavy atom. The van der Waals surface area contributed by atoms with Gasteiger partial charge in [-0.3, -0.25) is 4.99 Å². The van der Waals surface area contributed by atoms with Crippen molar-refractivity contribution in [3.8, 4) is 0 Å². The normalized spacial score (nSPS) is 11.7. The van der Waals surface area contributed by atoms with Crippen molar-refractivity contribution in [2.45, 2.75) is 26.2 Å². The maximum Gasteiger partial charge on any atom is 0.191 e. The molecule has 0 bridgehead atoms. The highest BCUT2D eigenvalue weighted by Gasteiger charge is 2.00. The third kappa shape index (κ3) is 10.5. The maximum atomic E-state index is 5.91. The van der Waals surface area contributed by atoms with Crippen molar-refractivity contribution < 1.29 is 9.47 Å². The molecule has 2 N–H and O–H groups in total. The molecule has 0 aliphatic carbocycles. The molecule has 5 nitrogen and oxygen atoms in total. The van der Waals surface area contributed by atoms with Crippen LogP contribution >= 0.6 is 22.9 Å². The molecule has 0 saturated heterocycles. The highest BCUT2D eigenvalue weighted by molar-refractivity contribution is 7.16. The fourth-order valence-corrected chi connectivity index (χ4v) is 2.91. The Kier molecular flexibility index (Phi) is 12.0. The van der Waals surface area contributed by atoms with Crippen LogP contribution < -0.4 is 10.6 Å². The molecule has 0 amide bonds. The van der Waals surface area contributed by atoms with Gasteiger partial charge >= 0.3 is 0 Å². The number of rotatable bonds is 12. The lowest BCUT2D eigenvalue weighted by atomic mass is 10.3. The fraction of sp³-hybridized carbons (Fsp3) is 0.688. The fourth-order valence-electron chi connectivity index (χ4n) is 1.82. The van der Waals surface area contributed by atoms with E-state index in [1.807, 2.05) is 6.07 Å². The summed E-state index contributed by atoms with van der Waals surface area (Å²) in [4.78, 5) is 5.45. The largest absolute Gasteiger partial charge is 0.379 e. The minimum absolute atomic E-state index is 0.635. The molecule has 0 aliphatic rings. The summed E-state index contributed by atoms with van der Waals surface area (Å²) in [5, 5.41) is 6.50. The van der Waals surface area contributed by atoms with Gasteiger partial charge in [0.2, 0.25) is 0 Å². The van der Waals surface area contributed by atoms with Crippen LogP contribution in [0.1, 0.15) is 24.6 Å². The number of guanidine groups is 1. The summed E-state index contributed by atoms with van der Waals surface area (Å²) in [6.07, 6.45) is 3.21. The van der Waals surface area contributed by atoms with E-state index in [4.69, 9.17) is 21.1 Å². The van der Waals surface area contributed by atoms with Crippen LogP contribution in [0.4, 0.5) is 0 Å². The SMILES string of the molecule is CCCCOCCOCCNC(=NC)NCCc1ccc(Cl)s1. The van der Waals surface area contributed by atoms with Crippen molar-refractivity contribution in [1.29, 1.82) is 0 Å². The molecule has 1 aromatic rings. The Balaban J connectivity index is 1.97. The number of hydrogen-bond acceptors (Lipinski definition) is 4. The Morgan fingerprint density at radius 1 is 1.13 bits per heavy atom. The molecule has 0 unspecified atom stereocenters. The quantitative estimate of drug-likeness (QED) is 0.341. The zero-order valence-corrected chi connectivity index (χ0v) is 15.6. The van der Waals surface area contributed by atoms with Gasteiger partial charge in [-0.15, -0.1) is 11.3 Å². The summed E-state index contributed by atoms with van der Waals surface area (Å²) in [5.74, 6) is 0.787. The van der Waals surface area contributed by atoms with Gasteiger partial charge in [-0.1, -0.05) is 24.9 Å². The number of halogens is 1. The minimum atomic E-state index is 0.635. The summed E-state index contributed by atoms with van der Waals surface area (Å²) in [6, 6.07) is 3.99. The van der Waals surface area contributed by atoms with Gasteiger partial charge in [0.15, 0.2) is 5.96 Å². The van der Waals surface area contributed by atoms with E-state index in [1.54, 1.807) is 18.4 Å². The third-order valence-electron chi connectivity index (χ3n) is 3.07. The first-order chi connectivity index (χ1) is 11.3. The Labute approximate surface area is 148 Å². The second kappa shape index (κ2) is 13.6. The molecule has 0 radical (unpaired) electrons. The molecule has 1 heterocycles. The average molecular weight is 362 g/mol. The van der Waals surface area contributed by atoms with Crippen LogP contribution in [0.2, 0.25) is 4.34 Å². The molecule has 1 rings (SSSR count). The molecule has 132 valence electrons. The Hall–Kier alpha value is -0.820. The van der Waals surface area contributed by atoms with E-state index < -0.39 is 0 Å². The number of nitrogens with zero attached hydrogens (tertiary/aromatic N) is 1. The molecule has 0 aliphatic heterocycles. The van der Waals surface area contributed by atoms with E-state index >= 15 is 0 Å². The summed E-state index contributed by atoms with van der Waals surface area (Å²) in [7, 11) is 1.76. The number of thiophene rings is 1. The maximum absolute atomic E-state index is 5.91. The number of nitrogens with one attached hydrogen (secondary N) is 2. The molecule has 7 heteroatoms. The zero-order valence-electron chi connectivity index (χ0n) is 14.1. The van der Waals surface area contributed by atoms with Gasteiger partial charge in [0, 0.05) is 31.6 Å². The predicted molar refractivity (Wildman–Crippen MR) is 98.9 cm³/mol. The lowest BCUT2D eigenvalue weighted by molar-refractivity contribution is 0.0487. The zero-order chi connectivity index (χ0) is 16.8. The molecule has 1 aromatic heterocycles. The number of hydrogen-bond donors (Lipinski definition) is 2. The molecule has 0 atom stereocenters. The standard InChI is InChI=1S/C16H28ClN3O2S/c1-3-4-10-21-12-13-22-11-9-20-16(18-2)19-8-7-14-5-6-15(17)23-14/h5-6H,3-4,7-13H2,1-2H3,(H2,18,19,20). The second-order valence-corrected chi connectivity index (χ2v) is 6.76. The summed E-state index contributed by atoms with van der Waals surface area (Å²) >= 11 is 7.53. The van der Waals surface area contributed by atoms with Crippen molar-refractivity contribution in [2.24, 2.45) is 4.99 Å². The van der Waals surface area contributed by atoms with Crippen LogP contribution in [0.5, 0.6) is 0 Å². The van der Waals surface area contributed by atoms with E-state index in [9.17, 15) is 0 Å². The van der Waals surface area contributed by atoms with Gasteiger partial charge in [-0.25, -0.2) is 0 Å². The van der Waals surface area contributed by atoms with E-state index in [1.165, 1.54) is 4.88 Å². The smallest absolute Gasteiger partial charge is 0.191 e. The minimum Gasteiger partial charge on any atom is -0.379 e. The lowest BCUT2D eigenvalue weighted by Gasteiger charge is -2.11. The molecule has 0 fully saturated rings. The van der Waals surface area contributed by atoms with Crippen LogP contribution in [0, 0.1) is 0 Å². The molecule has 23 heavy (non-hydrogen) atoms. The van der Waals surface area contributed by atoms with Gasteiger partial charge in [0.25, 0.3) is 0 Å². The van der Waals surface area contributed by atoms with Gasteiger partial charge in [-0.05, 0) is 25.0 Å². The van der Waals surface area contributed by atoms with Crippen molar-refractivity contribution in [1.82, 2.24) is 10.6 Å². The van der Waals surface area contributed by atoms with Crippen LogP contribution in [0.3, 0.4) is 0 Å². The summed E-state index contributed by atoms with van der Waals surface area (Å²) in [5.41, 5.74) is 0. The van der Waals surface area contributed by atoms with Crippen molar-refractivity contribution in [2.75, 3.05) is 46.6 Å². The van der Waals surface area contributed by atoms with Gasteiger partial charge in [-0.2, -0.15) is 0 Å². The lowest BCUT2D eigenvalue weighted by Crippen LogP contribution is -2.39. The second-order valence-electron chi connectivity index (χ2n) is 4.96. The molecule has 0 saturated carbocycles. The van der Waals surface area contributed by atoms with Crippen LogP contribution in [-0.2, 0) is 15.9 Å². The van der Waals surface area contributed by atoms with Crippen molar-refractivity contribution >= 4 is 28.9 Å². The van der Waals surface area contributed by atoms with E-state index in [0.29, 0.717) is 19.8 Å². The van der Waals surface area contributed by atoms with Crippen LogP contribution in [-0.4, -0.2) is 52.5 Å². The summed E-state index contributed by atoms with van der Waals surface area (Å²) < 4.78 is 11.8. The number of ether oxygens (including phenoxy) is 2. The highest BCUT2D eigenvalue weighted by Crippen LogP contribution is 2.21. The first-order valence-electron chi connectivity index (χ1n) is 8.10. The molecule has 0 spiro atoms. The van der Waals surface area contributed by atoms with Gasteiger partial charge < -0.3 is 20.1 Å². The highest BCUT2D eigenvalue weighted by atomic mass is 35.5. The predicted octanol–water partition coefficient (Wildman–Crippen LogP) is 2.94. The first-order valence-corrected chi connectivity index (χ1v) is 9.30. The number of unbranched alkanes of at least 4 members (excludes halogenated alkanes) is 1. The van der Waals surface area contributed by atoms with Crippen molar-refractivity contribution in [3.05, 3.63) is 21.3 Å².